The van der Waals surface area contributed by atoms with E-state index in [0.29, 0.717) is 21.3 Å². The standard InChI is InChI=1S/C18H20Cl2N2O3S/c1-12(15-9-8-14(19)11-16(15)20)22(2)18(23)10-13-6-4-5-7-17(13)21-26(3,24)25/h4-9,11-12,21H,10H2,1-3H3. The zero-order valence-corrected chi connectivity index (χ0v) is 17.0. The number of hydrogen-bond acceptors (Lipinski definition) is 3. The summed E-state index contributed by atoms with van der Waals surface area (Å²) in [4.78, 5) is 14.3. The SMILES string of the molecule is CC(c1ccc(Cl)cc1Cl)N(C)C(=O)Cc1ccccc1NS(C)(=O)=O. The summed E-state index contributed by atoms with van der Waals surface area (Å²) in [6.07, 6.45) is 1.13. The number of nitrogens with zero attached hydrogens (tertiary/aromatic N) is 1. The summed E-state index contributed by atoms with van der Waals surface area (Å²) in [5, 5.41) is 1.02. The van der Waals surface area contributed by atoms with E-state index >= 15 is 0 Å². The molecule has 140 valence electrons. The number of likely N-dealkylation sites (N-methyl/N-ethyl adjacent to an activating group) is 1. The molecule has 1 amide bonds. The first-order chi connectivity index (χ1) is 12.1. The molecule has 0 spiro atoms. The van der Waals surface area contributed by atoms with Gasteiger partial charge in [0.15, 0.2) is 0 Å². The Labute approximate surface area is 164 Å². The first-order valence-corrected chi connectivity index (χ1v) is 10.5. The van der Waals surface area contributed by atoms with Crippen LogP contribution in [-0.4, -0.2) is 32.5 Å². The highest BCUT2D eigenvalue weighted by atomic mass is 35.5. The number of sulfonamides is 1. The Morgan fingerprint density at radius 1 is 1.19 bits per heavy atom. The Morgan fingerprint density at radius 2 is 1.85 bits per heavy atom. The molecule has 0 aromatic heterocycles. The van der Waals surface area contributed by atoms with Crippen molar-refractivity contribution in [3.8, 4) is 0 Å². The summed E-state index contributed by atoms with van der Waals surface area (Å²) in [5.41, 5.74) is 1.78. The number of hydrogen-bond donors (Lipinski definition) is 1. The lowest BCUT2D eigenvalue weighted by atomic mass is 10.1. The molecule has 1 atom stereocenters. The summed E-state index contributed by atoms with van der Waals surface area (Å²) in [6.45, 7) is 1.87. The molecule has 0 saturated carbocycles. The molecule has 0 radical (unpaired) electrons. The van der Waals surface area contributed by atoms with Crippen LogP contribution >= 0.6 is 23.2 Å². The lowest BCUT2D eigenvalue weighted by Gasteiger charge is -2.26. The molecule has 0 heterocycles. The van der Waals surface area contributed by atoms with E-state index in [4.69, 9.17) is 23.2 Å². The Balaban J connectivity index is 2.19. The fourth-order valence-electron chi connectivity index (χ4n) is 2.53. The number of para-hydroxylation sites is 1. The maximum Gasteiger partial charge on any atom is 0.229 e. The zero-order chi connectivity index (χ0) is 19.5. The maximum absolute atomic E-state index is 12.7. The normalized spacial score (nSPS) is 12.5. The van der Waals surface area contributed by atoms with Crippen LogP contribution in [0.25, 0.3) is 0 Å². The molecule has 2 rings (SSSR count). The number of halogens is 2. The van der Waals surface area contributed by atoms with E-state index < -0.39 is 10.0 Å². The van der Waals surface area contributed by atoms with Crippen LogP contribution in [-0.2, 0) is 21.2 Å². The summed E-state index contributed by atoms with van der Waals surface area (Å²) in [6, 6.07) is 11.7. The lowest BCUT2D eigenvalue weighted by Crippen LogP contribution is -2.31. The Kier molecular flexibility index (Phi) is 6.55. The van der Waals surface area contributed by atoms with Crippen molar-refractivity contribution < 1.29 is 13.2 Å². The second-order valence-corrected chi connectivity index (χ2v) is 8.65. The molecule has 1 N–H and O–H groups in total. The average Bonchev–Trinajstić information content (AvgIpc) is 2.54. The first kappa shape index (κ1) is 20.6. The topological polar surface area (TPSA) is 66.5 Å². The Bertz CT molecular complexity index is 916. The van der Waals surface area contributed by atoms with E-state index in [9.17, 15) is 13.2 Å². The number of carbonyl (C=O) groups excluding carboxylic acids is 1. The largest absolute Gasteiger partial charge is 0.339 e. The molecular formula is C18H20Cl2N2O3S. The van der Waals surface area contributed by atoms with Crippen LogP contribution in [0, 0.1) is 0 Å². The minimum absolute atomic E-state index is 0.0603. The molecule has 26 heavy (non-hydrogen) atoms. The van der Waals surface area contributed by atoms with Crippen LogP contribution in [0.15, 0.2) is 42.5 Å². The summed E-state index contributed by atoms with van der Waals surface area (Å²) in [7, 11) is -1.74. The van der Waals surface area contributed by atoms with Crippen molar-refractivity contribution in [3.05, 3.63) is 63.6 Å². The second-order valence-electron chi connectivity index (χ2n) is 6.05. The summed E-state index contributed by atoms with van der Waals surface area (Å²) >= 11 is 12.2. The average molecular weight is 415 g/mol. The smallest absolute Gasteiger partial charge is 0.229 e. The van der Waals surface area contributed by atoms with Crippen LogP contribution in [0.4, 0.5) is 5.69 Å². The number of anilines is 1. The predicted octanol–water partition coefficient (Wildman–Crippen LogP) is 4.13. The van der Waals surface area contributed by atoms with E-state index in [1.54, 1.807) is 54.4 Å². The van der Waals surface area contributed by atoms with E-state index in [0.717, 1.165) is 11.8 Å². The minimum atomic E-state index is -3.43. The molecule has 0 aliphatic heterocycles. The third-order valence-corrected chi connectivity index (χ3v) is 5.19. The molecular weight excluding hydrogens is 395 g/mol. The maximum atomic E-state index is 12.7. The van der Waals surface area contributed by atoms with E-state index in [1.165, 1.54) is 0 Å². The van der Waals surface area contributed by atoms with Crippen molar-refractivity contribution in [2.45, 2.75) is 19.4 Å². The van der Waals surface area contributed by atoms with Crippen LogP contribution in [0.5, 0.6) is 0 Å². The van der Waals surface area contributed by atoms with E-state index in [2.05, 4.69) is 4.72 Å². The molecule has 0 bridgehead atoms. The highest BCUT2D eigenvalue weighted by molar-refractivity contribution is 7.92. The van der Waals surface area contributed by atoms with Crippen molar-refractivity contribution in [3.63, 3.8) is 0 Å². The van der Waals surface area contributed by atoms with Crippen molar-refractivity contribution in [1.29, 1.82) is 0 Å². The van der Waals surface area contributed by atoms with Crippen molar-refractivity contribution in [2.75, 3.05) is 18.0 Å². The van der Waals surface area contributed by atoms with Gasteiger partial charge in [-0.25, -0.2) is 8.42 Å². The molecule has 2 aromatic carbocycles. The van der Waals surface area contributed by atoms with Gasteiger partial charge in [-0.05, 0) is 36.2 Å². The molecule has 2 aromatic rings. The number of benzene rings is 2. The number of nitrogens with one attached hydrogen (secondary N) is 1. The van der Waals surface area contributed by atoms with Gasteiger partial charge in [0.2, 0.25) is 15.9 Å². The third-order valence-electron chi connectivity index (χ3n) is 4.04. The monoisotopic (exact) mass is 414 g/mol. The van der Waals surface area contributed by atoms with Crippen LogP contribution in [0.1, 0.15) is 24.1 Å². The lowest BCUT2D eigenvalue weighted by molar-refractivity contribution is -0.131. The number of carbonyl (C=O) groups is 1. The van der Waals surface area contributed by atoms with Gasteiger partial charge in [-0.3, -0.25) is 9.52 Å². The van der Waals surface area contributed by atoms with Gasteiger partial charge >= 0.3 is 0 Å². The molecule has 0 fully saturated rings. The van der Waals surface area contributed by atoms with Crippen molar-refractivity contribution in [2.24, 2.45) is 0 Å². The van der Waals surface area contributed by atoms with Gasteiger partial charge in [-0.1, -0.05) is 47.5 Å². The Hall–Kier alpha value is -1.76. The van der Waals surface area contributed by atoms with Crippen molar-refractivity contribution in [1.82, 2.24) is 4.90 Å². The molecule has 0 saturated heterocycles. The van der Waals surface area contributed by atoms with Gasteiger partial charge in [0.25, 0.3) is 0 Å². The highest BCUT2D eigenvalue weighted by Gasteiger charge is 2.21. The van der Waals surface area contributed by atoms with Gasteiger partial charge in [-0.15, -0.1) is 0 Å². The summed E-state index contributed by atoms with van der Waals surface area (Å²) < 4.78 is 25.4. The van der Waals surface area contributed by atoms with Crippen LogP contribution in [0.2, 0.25) is 10.0 Å². The predicted molar refractivity (Wildman–Crippen MR) is 106 cm³/mol. The number of rotatable bonds is 6. The third kappa shape index (κ3) is 5.37. The van der Waals surface area contributed by atoms with Crippen LogP contribution in [0.3, 0.4) is 0 Å². The van der Waals surface area contributed by atoms with E-state index in [-0.39, 0.29) is 18.4 Å². The molecule has 8 heteroatoms. The zero-order valence-electron chi connectivity index (χ0n) is 14.7. The van der Waals surface area contributed by atoms with Crippen LogP contribution < -0.4 is 4.72 Å². The van der Waals surface area contributed by atoms with Gasteiger partial charge in [-0.2, -0.15) is 0 Å². The van der Waals surface area contributed by atoms with Gasteiger partial charge in [0, 0.05) is 17.1 Å². The van der Waals surface area contributed by atoms with Gasteiger partial charge in [0.05, 0.1) is 24.4 Å². The molecule has 0 aliphatic carbocycles. The Morgan fingerprint density at radius 3 is 2.46 bits per heavy atom. The molecule has 5 nitrogen and oxygen atoms in total. The quantitative estimate of drug-likeness (QED) is 0.772. The van der Waals surface area contributed by atoms with Gasteiger partial charge in [0.1, 0.15) is 0 Å². The minimum Gasteiger partial charge on any atom is -0.339 e. The molecule has 1 unspecified atom stereocenters. The second kappa shape index (κ2) is 8.29. The van der Waals surface area contributed by atoms with Crippen molar-refractivity contribution >= 4 is 44.8 Å². The molecule has 0 aliphatic rings. The number of amides is 1. The van der Waals surface area contributed by atoms with Gasteiger partial charge < -0.3 is 4.90 Å². The summed E-state index contributed by atoms with van der Waals surface area (Å²) in [5.74, 6) is -0.161. The first-order valence-electron chi connectivity index (χ1n) is 7.85. The fourth-order valence-corrected chi connectivity index (χ4v) is 3.69. The van der Waals surface area contributed by atoms with E-state index in [1.807, 2.05) is 6.92 Å². The fraction of sp³-hybridized carbons (Fsp3) is 0.278. The highest BCUT2D eigenvalue weighted by Crippen LogP contribution is 2.29.